The molecule has 3 aromatic heterocycles. The molecular formula is C19H18N8. The van der Waals surface area contributed by atoms with Crippen molar-refractivity contribution in [3.05, 3.63) is 77.8 Å². The van der Waals surface area contributed by atoms with E-state index in [1.54, 1.807) is 17.2 Å². The van der Waals surface area contributed by atoms with Crippen molar-refractivity contribution in [3.8, 4) is 5.82 Å². The number of hydrogen-bond donors (Lipinski definition) is 0. The molecule has 1 saturated carbocycles. The van der Waals surface area contributed by atoms with Crippen LogP contribution in [-0.4, -0.2) is 40.0 Å². The average Bonchev–Trinajstić information content (AvgIpc) is 3.24. The first kappa shape index (κ1) is 15.8. The van der Waals surface area contributed by atoms with Gasteiger partial charge in [-0.1, -0.05) is 36.4 Å². The molecule has 1 aliphatic rings. The molecule has 8 nitrogen and oxygen atoms in total. The lowest BCUT2D eigenvalue weighted by Gasteiger charge is -2.17. The highest BCUT2D eigenvalue weighted by atomic mass is 15.5. The summed E-state index contributed by atoms with van der Waals surface area (Å²) in [5.74, 6) is 2.83. The first-order chi connectivity index (χ1) is 13.3. The van der Waals surface area contributed by atoms with Crippen LogP contribution >= 0.6 is 0 Å². The van der Waals surface area contributed by atoms with Crippen molar-refractivity contribution in [1.29, 1.82) is 0 Å². The Morgan fingerprint density at radius 1 is 1.07 bits per heavy atom. The van der Waals surface area contributed by atoms with Crippen molar-refractivity contribution in [2.24, 2.45) is 0 Å². The van der Waals surface area contributed by atoms with Gasteiger partial charge in [-0.15, -0.1) is 10.2 Å². The minimum Gasteiger partial charge on any atom is -0.237 e. The van der Waals surface area contributed by atoms with Gasteiger partial charge >= 0.3 is 0 Å². The molecule has 1 aromatic carbocycles. The largest absolute Gasteiger partial charge is 0.237 e. The molecule has 0 radical (unpaired) electrons. The maximum absolute atomic E-state index is 4.92. The van der Waals surface area contributed by atoms with Gasteiger partial charge in [-0.05, 0) is 47.4 Å². The molecule has 0 spiro atoms. The molecule has 8 heteroatoms. The first-order valence-electron chi connectivity index (χ1n) is 8.97. The zero-order valence-corrected chi connectivity index (χ0v) is 14.8. The van der Waals surface area contributed by atoms with E-state index in [9.17, 15) is 0 Å². The highest BCUT2D eigenvalue weighted by molar-refractivity contribution is 5.35. The summed E-state index contributed by atoms with van der Waals surface area (Å²) >= 11 is 0. The van der Waals surface area contributed by atoms with Gasteiger partial charge in [0.15, 0.2) is 17.5 Å². The minimum absolute atomic E-state index is 0.289. The smallest absolute Gasteiger partial charge is 0.163 e. The van der Waals surface area contributed by atoms with E-state index in [1.165, 1.54) is 0 Å². The fourth-order valence-corrected chi connectivity index (χ4v) is 3.23. The highest BCUT2D eigenvalue weighted by Crippen LogP contribution is 2.39. The second kappa shape index (κ2) is 6.39. The zero-order valence-electron chi connectivity index (χ0n) is 14.8. The van der Waals surface area contributed by atoms with Crippen molar-refractivity contribution < 1.29 is 0 Å². The van der Waals surface area contributed by atoms with Crippen LogP contribution in [0.15, 0.2) is 55.0 Å². The standard InChI is InChI=1S/C19H18N8/c1-13-6-5-11-20-18(13)27-19(22-17(23-27)15-9-10-15)16(26-12-21-24-25-26)14-7-3-2-4-8-14/h2-8,11-12,15-16H,9-10H2,1H3/t16-/m1/s1. The number of aryl methyl sites for hydroxylation is 1. The molecule has 1 fully saturated rings. The monoisotopic (exact) mass is 358 g/mol. The van der Waals surface area contributed by atoms with Gasteiger partial charge in [0.05, 0.1) is 0 Å². The summed E-state index contributed by atoms with van der Waals surface area (Å²) in [6.07, 6.45) is 5.65. The van der Waals surface area contributed by atoms with Gasteiger partial charge < -0.3 is 0 Å². The number of tetrazole rings is 1. The van der Waals surface area contributed by atoms with E-state index >= 15 is 0 Å². The number of pyridine rings is 1. The van der Waals surface area contributed by atoms with Gasteiger partial charge in [0, 0.05) is 12.1 Å². The third-order valence-corrected chi connectivity index (χ3v) is 4.76. The Bertz CT molecular complexity index is 1050. The van der Waals surface area contributed by atoms with E-state index in [-0.39, 0.29) is 6.04 Å². The number of aromatic nitrogens is 8. The van der Waals surface area contributed by atoms with Crippen LogP contribution in [0.4, 0.5) is 0 Å². The van der Waals surface area contributed by atoms with Crippen molar-refractivity contribution in [1.82, 2.24) is 40.0 Å². The van der Waals surface area contributed by atoms with Crippen LogP contribution < -0.4 is 0 Å². The molecule has 0 aliphatic heterocycles. The fourth-order valence-electron chi connectivity index (χ4n) is 3.23. The van der Waals surface area contributed by atoms with E-state index in [0.717, 1.165) is 41.4 Å². The Morgan fingerprint density at radius 2 is 1.93 bits per heavy atom. The lowest BCUT2D eigenvalue weighted by molar-refractivity contribution is 0.531. The predicted molar refractivity (Wildman–Crippen MR) is 97.4 cm³/mol. The Labute approximate surface area is 155 Å². The Balaban J connectivity index is 1.73. The van der Waals surface area contributed by atoms with E-state index in [4.69, 9.17) is 10.1 Å². The summed E-state index contributed by atoms with van der Waals surface area (Å²) in [7, 11) is 0. The summed E-state index contributed by atoms with van der Waals surface area (Å²) in [4.78, 5) is 9.48. The number of nitrogens with zero attached hydrogens (tertiary/aromatic N) is 8. The van der Waals surface area contributed by atoms with Crippen LogP contribution in [0.3, 0.4) is 0 Å². The molecule has 0 amide bonds. The zero-order chi connectivity index (χ0) is 18.2. The molecule has 27 heavy (non-hydrogen) atoms. The third-order valence-electron chi connectivity index (χ3n) is 4.76. The van der Waals surface area contributed by atoms with Crippen LogP contribution in [0.2, 0.25) is 0 Å². The summed E-state index contributed by atoms with van der Waals surface area (Å²) in [6, 6.07) is 13.8. The molecule has 0 unspecified atom stereocenters. The molecule has 3 heterocycles. The lowest BCUT2D eigenvalue weighted by atomic mass is 10.1. The summed E-state index contributed by atoms with van der Waals surface area (Å²) in [5, 5.41) is 16.6. The lowest BCUT2D eigenvalue weighted by Crippen LogP contribution is -2.19. The second-order valence-corrected chi connectivity index (χ2v) is 6.76. The Hall–Kier alpha value is -3.42. The quantitative estimate of drug-likeness (QED) is 0.545. The van der Waals surface area contributed by atoms with Crippen molar-refractivity contribution in [3.63, 3.8) is 0 Å². The molecule has 0 N–H and O–H groups in total. The molecule has 1 aliphatic carbocycles. The van der Waals surface area contributed by atoms with Crippen LogP contribution in [0.5, 0.6) is 0 Å². The van der Waals surface area contributed by atoms with Crippen molar-refractivity contribution in [2.45, 2.75) is 31.7 Å². The van der Waals surface area contributed by atoms with Crippen LogP contribution in [-0.2, 0) is 0 Å². The first-order valence-corrected chi connectivity index (χ1v) is 8.97. The minimum atomic E-state index is -0.289. The SMILES string of the molecule is Cc1cccnc1-n1nc(C2CC2)nc1[C@@H](c1ccccc1)n1cnnn1. The van der Waals surface area contributed by atoms with Gasteiger partial charge in [-0.3, -0.25) is 0 Å². The Kier molecular flexibility index (Phi) is 3.74. The van der Waals surface area contributed by atoms with E-state index in [0.29, 0.717) is 5.92 Å². The van der Waals surface area contributed by atoms with Crippen molar-refractivity contribution >= 4 is 0 Å². The van der Waals surface area contributed by atoms with Gasteiger partial charge in [0.25, 0.3) is 0 Å². The summed E-state index contributed by atoms with van der Waals surface area (Å²) in [5.41, 5.74) is 2.07. The third kappa shape index (κ3) is 2.88. The van der Waals surface area contributed by atoms with Crippen LogP contribution in [0.25, 0.3) is 5.82 Å². The van der Waals surface area contributed by atoms with E-state index in [2.05, 4.69) is 20.5 Å². The summed E-state index contributed by atoms with van der Waals surface area (Å²) < 4.78 is 3.56. The fraction of sp³-hybridized carbons (Fsp3) is 0.263. The Morgan fingerprint density at radius 3 is 2.63 bits per heavy atom. The highest BCUT2D eigenvalue weighted by Gasteiger charge is 2.33. The van der Waals surface area contributed by atoms with E-state index < -0.39 is 0 Å². The van der Waals surface area contributed by atoms with Gasteiger partial charge in [-0.25, -0.2) is 14.6 Å². The summed E-state index contributed by atoms with van der Waals surface area (Å²) in [6.45, 7) is 2.03. The van der Waals surface area contributed by atoms with Crippen LogP contribution in [0, 0.1) is 6.92 Å². The molecular weight excluding hydrogens is 340 g/mol. The van der Waals surface area contributed by atoms with Gasteiger partial charge in [0.2, 0.25) is 0 Å². The van der Waals surface area contributed by atoms with Gasteiger partial charge in [-0.2, -0.15) is 4.68 Å². The average molecular weight is 358 g/mol. The van der Waals surface area contributed by atoms with Gasteiger partial charge in [0.1, 0.15) is 12.4 Å². The number of rotatable bonds is 5. The predicted octanol–water partition coefficient (Wildman–Crippen LogP) is 2.47. The second-order valence-electron chi connectivity index (χ2n) is 6.76. The molecule has 1 atom stereocenters. The normalized spacial score (nSPS) is 15.0. The van der Waals surface area contributed by atoms with Crippen molar-refractivity contribution in [2.75, 3.05) is 0 Å². The molecule has 0 bridgehead atoms. The molecule has 5 rings (SSSR count). The van der Waals surface area contributed by atoms with E-state index in [1.807, 2.05) is 54.1 Å². The van der Waals surface area contributed by atoms with Crippen LogP contribution in [0.1, 0.15) is 47.6 Å². The number of benzene rings is 1. The molecule has 134 valence electrons. The maximum atomic E-state index is 4.92. The molecule has 4 aromatic rings. The topological polar surface area (TPSA) is 87.2 Å². The number of hydrogen-bond acceptors (Lipinski definition) is 6. The molecule has 0 saturated heterocycles. The maximum Gasteiger partial charge on any atom is 0.163 e.